The van der Waals surface area contributed by atoms with Gasteiger partial charge in [0, 0.05) is 16.6 Å². The number of methoxy groups -OCH3 is 2. The first-order valence-electron chi connectivity index (χ1n) is 11.8. The number of aromatic nitrogens is 1. The van der Waals surface area contributed by atoms with Crippen molar-refractivity contribution in [1.82, 2.24) is 4.98 Å². The van der Waals surface area contributed by atoms with E-state index in [4.69, 9.17) is 20.2 Å². The summed E-state index contributed by atoms with van der Waals surface area (Å²) in [7, 11) is 3.21. The molecule has 0 fully saturated rings. The summed E-state index contributed by atoms with van der Waals surface area (Å²) >= 11 is 1.29. The second-order valence-corrected chi connectivity index (χ2v) is 9.84. The van der Waals surface area contributed by atoms with E-state index in [1.807, 2.05) is 74.5 Å². The smallest absolute Gasteiger partial charge is 0.267 e. The standard InChI is InChI=1S/C30H27N3O3S/c1-17-5-9-19(10-6-17)23-16-22(20-11-14-24(35-3)25(15-20)36-4)26-27(31)28(37-30(26)33-23)29(34)32-21-12-7-18(2)8-13-21/h5-16H,31H2,1-4H3,(H,32,34). The number of benzene rings is 3. The van der Waals surface area contributed by atoms with Gasteiger partial charge in [0.25, 0.3) is 5.91 Å². The molecule has 3 aromatic carbocycles. The van der Waals surface area contributed by atoms with Crippen LogP contribution in [0.4, 0.5) is 11.4 Å². The molecule has 1 amide bonds. The molecule has 2 heterocycles. The predicted molar refractivity (Wildman–Crippen MR) is 152 cm³/mol. The van der Waals surface area contributed by atoms with Crippen LogP contribution in [0.3, 0.4) is 0 Å². The number of ether oxygens (including phenoxy) is 2. The number of amides is 1. The van der Waals surface area contributed by atoms with E-state index in [2.05, 4.69) is 17.4 Å². The number of fused-ring (bicyclic) bond motifs is 1. The zero-order valence-corrected chi connectivity index (χ0v) is 21.9. The van der Waals surface area contributed by atoms with E-state index in [-0.39, 0.29) is 5.91 Å². The van der Waals surface area contributed by atoms with E-state index in [1.54, 1.807) is 14.2 Å². The summed E-state index contributed by atoms with van der Waals surface area (Å²) in [4.78, 5) is 19.3. The third-order valence-electron chi connectivity index (χ3n) is 6.26. The van der Waals surface area contributed by atoms with Gasteiger partial charge in [-0.25, -0.2) is 4.98 Å². The molecule has 0 aliphatic heterocycles. The van der Waals surface area contributed by atoms with Crippen molar-refractivity contribution in [3.63, 3.8) is 0 Å². The monoisotopic (exact) mass is 509 g/mol. The summed E-state index contributed by atoms with van der Waals surface area (Å²) in [5.74, 6) is 0.972. The molecule has 5 aromatic rings. The molecule has 0 aliphatic carbocycles. The van der Waals surface area contributed by atoms with Crippen molar-refractivity contribution >= 4 is 38.8 Å². The Morgan fingerprint density at radius 3 is 2.11 bits per heavy atom. The number of aryl methyl sites for hydroxylation is 2. The summed E-state index contributed by atoms with van der Waals surface area (Å²) in [6, 6.07) is 23.6. The molecule has 0 aliphatic rings. The number of nitrogens with one attached hydrogen (secondary N) is 1. The number of anilines is 2. The molecule has 0 radical (unpaired) electrons. The first-order valence-corrected chi connectivity index (χ1v) is 12.6. The number of pyridine rings is 1. The number of carbonyl (C=O) groups is 1. The lowest BCUT2D eigenvalue weighted by molar-refractivity contribution is 0.103. The van der Waals surface area contributed by atoms with Crippen molar-refractivity contribution in [3.05, 3.63) is 88.8 Å². The maximum atomic E-state index is 13.3. The molecule has 0 saturated heterocycles. The summed E-state index contributed by atoms with van der Waals surface area (Å²) in [6.07, 6.45) is 0. The van der Waals surface area contributed by atoms with Crippen molar-refractivity contribution in [3.8, 4) is 33.9 Å². The molecule has 0 unspecified atom stereocenters. The molecule has 5 rings (SSSR count). The van der Waals surface area contributed by atoms with E-state index in [0.29, 0.717) is 32.6 Å². The van der Waals surface area contributed by atoms with Crippen LogP contribution in [-0.4, -0.2) is 25.1 Å². The molecular formula is C30H27N3O3S. The third-order valence-corrected chi connectivity index (χ3v) is 7.35. The van der Waals surface area contributed by atoms with Crippen molar-refractivity contribution in [2.24, 2.45) is 0 Å². The number of hydrogen-bond donors (Lipinski definition) is 2. The van der Waals surface area contributed by atoms with E-state index in [0.717, 1.165) is 33.3 Å². The van der Waals surface area contributed by atoms with E-state index in [9.17, 15) is 4.79 Å². The van der Waals surface area contributed by atoms with Gasteiger partial charge < -0.3 is 20.5 Å². The number of thiophene rings is 1. The fraction of sp³-hybridized carbons (Fsp3) is 0.133. The number of nitrogens with zero attached hydrogens (tertiary/aromatic N) is 1. The van der Waals surface area contributed by atoms with Crippen molar-refractivity contribution in [2.45, 2.75) is 13.8 Å². The Balaban J connectivity index is 1.68. The number of nitrogens with two attached hydrogens (primary N) is 1. The van der Waals surface area contributed by atoms with Crippen molar-refractivity contribution in [2.75, 3.05) is 25.3 Å². The quantitative estimate of drug-likeness (QED) is 0.255. The van der Waals surface area contributed by atoms with Gasteiger partial charge in [-0.15, -0.1) is 11.3 Å². The van der Waals surface area contributed by atoms with Gasteiger partial charge in [-0.3, -0.25) is 4.79 Å². The molecule has 0 spiro atoms. The van der Waals surface area contributed by atoms with Gasteiger partial charge in [0.2, 0.25) is 0 Å². The highest BCUT2D eigenvalue weighted by atomic mass is 32.1. The van der Waals surface area contributed by atoms with Gasteiger partial charge in [-0.1, -0.05) is 53.6 Å². The Hall–Kier alpha value is -4.36. The molecule has 37 heavy (non-hydrogen) atoms. The van der Waals surface area contributed by atoms with Crippen LogP contribution in [0.25, 0.3) is 32.6 Å². The Morgan fingerprint density at radius 1 is 0.838 bits per heavy atom. The molecule has 2 aromatic heterocycles. The van der Waals surface area contributed by atoms with E-state index in [1.165, 1.54) is 16.9 Å². The lowest BCUT2D eigenvalue weighted by atomic mass is 9.98. The molecule has 0 atom stereocenters. The molecular weight excluding hydrogens is 482 g/mol. The second-order valence-electron chi connectivity index (χ2n) is 8.84. The summed E-state index contributed by atoms with van der Waals surface area (Å²) < 4.78 is 11.0. The number of rotatable bonds is 6. The second kappa shape index (κ2) is 9.95. The van der Waals surface area contributed by atoms with Crippen LogP contribution in [0.1, 0.15) is 20.8 Å². The SMILES string of the molecule is COc1ccc(-c2cc(-c3ccc(C)cc3)nc3sc(C(=O)Nc4ccc(C)cc4)c(N)c23)cc1OC. The van der Waals surface area contributed by atoms with Gasteiger partial charge in [0.15, 0.2) is 11.5 Å². The number of carbonyl (C=O) groups excluding carboxylic acids is 1. The van der Waals surface area contributed by atoms with Gasteiger partial charge in [-0.2, -0.15) is 0 Å². The minimum atomic E-state index is -0.264. The van der Waals surface area contributed by atoms with E-state index >= 15 is 0 Å². The lowest BCUT2D eigenvalue weighted by Gasteiger charge is -2.12. The summed E-state index contributed by atoms with van der Waals surface area (Å²) in [6.45, 7) is 4.05. The van der Waals surface area contributed by atoms with Crippen LogP contribution in [0, 0.1) is 13.8 Å². The Labute approximate surface area is 219 Å². The molecule has 3 N–H and O–H groups in total. The van der Waals surface area contributed by atoms with Crippen LogP contribution in [-0.2, 0) is 0 Å². The topological polar surface area (TPSA) is 86.5 Å². The fourth-order valence-electron chi connectivity index (χ4n) is 4.22. The molecule has 7 heteroatoms. The highest BCUT2D eigenvalue weighted by molar-refractivity contribution is 7.21. The number of hydrogen-bond acceptors (Lipinski definition) is 6. The van der Waals surface area contributed by atoms with Gasteiger partial charge in [-0.05, 0) is 55.3 Å². The van der Waals surface area contributed by atoms with Gasteiger partial charge in [0.05, 0.1) is 25.6 Å². The molecule has 186 valence electrons. The molecule has 0 saturated carbocycles. The normalized spacial score (nSPS) is 10.9. The zero-order valence-electron chi connectivity index (χ0n) is 21.1. The highest BCUT2D eigenvalue weighted by Crippen LogP contribution is 2.43. The predicted octanol–water partition coefficient (Wildman–Crippen LogP) is 7.10. The summed E-state index contributed by atoms with van der Waals surface area (Å²) in [5.41, 5.74) is 13.6. The maximum absolute atomic E-state index is 13.3. The van der Waals surface area contributed by atoms with Crippen LogP contribution in [0.2, 0.25) is 0 Å². The fourth-order valence-corrected chi connectivity index (χ4v) is 5.23. The van der Waals surface area contributed by atoms with Crippen LogP contribution in [0.5, 0.6) is 11.5 Å². The Kier molecular flexibility index (Phi) is 6.54. The first kappa shape index (κ1) is 24.3. The lowest BCUT2D eigenvalue weighted by Crippen LogP contribution is -2.11. The van der Waals surface area contributed by atoms with Gasteiger partial charge >= 0.3 is 0 Å². The average molecular weight is 510 g/mol. The highest BCUT2D eigenvalue weighted by Gasteiger charge is 2.22. The van der Waals surface area contributed by atoms with Gasteiger partial charge in [0.1, 0.15) is 9.71 Å². The van der Waals surface area contributed by atoms with Crippen LogP contribution in [0.15, 0.2) is 72.8 Å². The molecule has 0 bridgehead atoms. The minimum absolute atomic E-state index is 0.264. The zero-order chi connectivity index (χ0) is 26.1. The number of nitrogen functional groups attached to an aromatic ring is 1. The summed E-state index contributed by atoms with van der Waals surface area (Å²) in [5, 5.41) is 3.70. The van der Waals surface area contributed by atoms with Crippen LogP contribution < -0.4 is 20.5 Å². The largest absolute Gasteiger partial charge is 0.493 e. The Bertz CT molecular complexity index is 1610. The third kappa shape index (κ3) is 4.73. The van der Waals surface area contributed by atoms with Crippen molar-refractivity contribution < 1.29 is 14.3 Å². The van der Waals surface area contributed by atoms with E-state index < -0.39 is 0 Å². The Morgan fingerprint density at radius 2 is 1.46 bits per heavy atom. The first-order chi connectivity index (χ1) is 17.9. The maximum Gasteiger partial charge on any atom is 0.267 e. The average Bonchev–Trinajstić information content (AvgIpc) is 3.25. The van der Waals surface area contributed by atoms with Crippen LogP contribution >= 0.6 is 11.3 Å². The minimum Gasteiger partial charge on any atom is -0.493 e. The van der Waals surface area contributed by atoms with Crippen molar-refractivity contribution in [1.29, 1.82) is 0 Å². The molecule has 6 nitrogen and oxygen atoms in total.